The Morgan fingerprint density at radius 3 is 2.40 bits per heavy atom. The Labute approximate surface area is 151 Å². The van der Waals surface area contributed by atoms with E-state index in [1.54, 1.807) is 18.2 Å². The molecule has 0 aliphatic carbocycles. The topological polar surface area (TPSA) is 130 Å². The van der Waals surface area contributed by atoms with Gasteiger partial charge in [0.25, 0.3) is 0 Å². The highest BCUT2D eigenvalue weighted by Crippen LogP contribution is 2.50. The van der Waals surface area contributed by atoms with Crippen LogP contribution in [0.25, 0.3) is 0 Å². The molecule has 0 aromatic heterocycles. The van der Waals surface area contributed by atoms with Crippen molar-refractivity contribution in [3.8, 4) is 5.75 Å². The van der Waals surface area contributed by atoms with Gasteiger partial charge in [-0.3, -0.25) is 14.7 Å². The Balaban J connectivity index is 2.27. The van der Waals surface area contributed by atoms with Crippen LogP contribution in [0.1, 0.15) is 17.0 Å². The summed E-state index contributed by atoms with van der Waals surface area (Å²) in [6.45, 7) is -0.0435. The van der Waals surface area contributed by atoms with Crippen molar-refractivity contribution in [3.63, 3.8) is 0 Å². The van der Waals surface area contributed by atoms with E-state index in [1.165, 1.54) is 0 Å². The zero-order chi connectivity index (χ0) is 18.8. The number of nitrogens with zero attached hydrogens (tertiary/aromatic N) is 1. The highest BCUT2D eigenvalue weighted by molar-refractivity contribution is 7.51. The molecule has 2 rings (SSSR count). The molecular weight excluding hydrogens is 396 g/mol. The summed E-state index contributed by atoms with van der Waals surface area (Å²) < 4.78 is 16.5. The fourth-order valence-corrected chi connectivity index (χ4v) is 2.81. The van der Waals surface area contributed by atoms with Crippen molar-refractivity contribution in [3.05, 3.63) is 67.7 Å². The monoisotopic (exact) mass is 407 g/mol. The molecule has 0 spiro atoms. The maximum absolute atomic E-state index is 11.2. The zero-order valence-corrected chi connectivity index (χ0v) is 14.8. The Morgan fingerprint density at radius 1 is 1.16 bits per heavy atom. The molecule has 25 heavy (non-hydrogen) atoms. The van der Waals surface area contributed by atoms with Gasteiger partial charge in [0.2, 0.25) is 0 Å². The first-order chi connectivity index (χ1) is 11.6. The van der Waals surface area contributed by atoms with Gasteiger partial charge < -0.3 is 19.6 Å². The van der Waals surface area contributed by atoms with Crippen molar-refractivity contribution in [2.24, 2.45) is 0 Å². The van der Waals surface area contributed by atoms with E-state index < -0.39 is 24.1 Å². The van der Waals surface area contributed by atoms with Crippen molar-refractivity contribution in [2.45, 2.75) is 12.5 Å². The van der Waals surface area contributed by atoms with Crippen LogP contribution in [0.3, 0.4) is 0 Å². The molecule has 134 valence electrons. The second kappa shape index (κ2) is 7.70. The molecular formula is C14H12Cl2NO7P. The number of nitro groups is 1. The highest BCUT2D eigenvalue weighted by atomic mass is 35.5. The largest absolute Gasteiger partial charge is 0.482 e. The summed E-state index contributed by atoms with van der Waals surface area (Å²) in [6.07, 6.45) is 0. The number of halogens is 2. The fourth-order valence-electron chi connectivity index (χ4n) is 1.94. The van der Waals surface area contributed by atoms with Gasteiger partial charge in [0.15, 0.2) is 11.6 Å². The maximum atomic E-state index is 11.2. The Morgan fingerprint density at radius 2 is 1.84 bits per heavy atom. The van der Waals surface area contributed by atoms with E-state index in [-0.39, 0.29) is 17.9 Å². The molecule has 3 N–H and O–H groups in total. The van der Waals surface area contributed by atoms with E-state index >= 15 is 0 Å². The average Bonchev–Trinajstić information content (AvgIpc) is 2.54. The molecule has 2 aromatic carbocycles. The van der Waals surface area contributed by atoms with Gasteiger partial charge in [0, 0.05) is 6.07 Å². The molecule has 2 aromatic rings. The number of benzene rings is 2. The molecule has 0 aliphatic rings. The number of hydrogen-bond acceptors (Lipinski definition) is 5. The average molecular weight is 408 g/mol. The van der Waals surface area contributed by atoms with E-state index in [0.29, 0.717) is 15.6 Å². The van der Waals surface area contributed by atoms with Gasteiger partial charge in [-0.05, 0) is 29.3 Å². The predicted molar refractivity (Wildman–Crippen MR) is 90.9 cm³/mol. The third kappa shape index (κ3) is 4.92. The number of hydrogen-bond donors (Lipinski definition) is 3. The first kappa shape index (κ1) is 19.7. The lowest BCUT2D eigenvalue weighted by Crippen LogP contribution is -2.03. The first-order valence-corrected chi connectivity index (χ1v) is 9.11. The van der Waals surface area contributed by atoms with E-state index in [0.717, 1.165) is 18.2 Å². The SMILES string of the molecule is O=[N+]([O-])c1cc(C(O)P(=O)(O)O)ccc1OCc1ccc(Cl)c(Cl)c1. The van der Waals surface area contributed by atoms with E-state index in [4.69, 9.17) is 37.7 Å². The number of nitro benzene ring substituents is 1. The van der Waals surface area contributed by atoms with Gasteiger partial charge in [0.05, 0.1) is 15.0 Å². The van der Waals surface area contributed by atoms with Crippen LogP contribution in [-0.2, 0) is 11.2 Å². The third-order valence-corrected chi connectivity index (χ3v) is 4.85. The Bertz CT molecular complexity index is 855. The number of ether oxygens (including phenoxy) is 1. The standard InChI is InChI=1S/C14H12Cl2NO7P/c15-10-3-1-8(5-11(10)16)7-24-13-4-2-9(6-12(13)17(19)20)14(18)25(21,22)23/h1-6,14,18H,7H2,(H2,21,22,23). The van der Waals surface area contributed by atoms with Gasteiger partial charge >= 0.3 is 13.3 Å². The van der Waals surface area contributed by atoms with Crippen molar-refractivity contribution in [1.29, 1.82) is 0 Å². The minimum absolute atomic E-state index is 0.0435. The smallest absolute Gasteiger partial charge is 0.358 e. The summed E-state index contributed by atoms with van der Waals surface area (Å²) in [5, 5.41) is 21.4. The van der Waals surface area contributed by atoms with Crippen LogP contribution in [0.2, 0.25) is 10.0 Å². The molecule has 8 nitrogen and oxygen atoms in total. The van der Waals surface area contributed by atoms with Gasteiger partial charge in [-0.25, -0.2) is 0 Å². The molecule has 0 bridgehead atoms. The van der Waals surface area contributed by atoms with Crippen LogP contribution >= 0.6 is 30.8 Å². The van der Waals surface area contributed by atoms with Crippen LogP contribution in [0.5, 0.6) is 5.75 Å². The van der Waals surface area contributed by atoms with Gasteiger partial charge in [-0.2, -0.15) is 0 Å². The summed E-state index contributed by atoms with van der Waals surface area (Å²) in [4.78, 5) is 28.3. The summed E-state index contributed by atoms with van der Waals surface area (Å²) >= 11 is 11.7. The van der Waals surface area contributed by atoms with Gasteiger partial charge in [-0.15, -0.1) is 0 Å². The van der Waals surface area contributed by atoms with E-state index in [2.05, 4.69) is 0 Å². The fraction of sp³-hybridized carbons (Fsp3) is 0.143. The highest BCUT2D eigenvalue weighted by Gasteiger charge is 2.30. The summed E-state index contributed by atoms with van der Waals surface area (Å²) in [7, 11) is -4.85. The van der Waals surface area contributed by atoms with Crippen LogP contribution < -0.4 is 4.74 Å². The zero-order valence-electron chi connectivity index (χ0n) is 12.4. The van der Waals surface area contributed by atoms with Crippen LogP contribution in [0.4, 0.5) is 5.69 Å². The number of aliphatic hydroxyl groups excluding tert-OH is 1. The predicted octanol–water partition coefficient (Wildman–Crippen LogP) is 3.65. The summed E-state index contributed by atoms with van der Waals surface area (Å²) in [5.41, 5.74) is -0.213. The number of aliphatic hydroxyl groups is 1. The third-order valence-electron chi connectivity index (χ3n) is 3.17. The second-order valence-electron chi connectivity index (χ2n) is 4.98. The maximum Gasteiger partial charge on any atom is 0.358 e. The van der Waals surface area contributed by atoms with Crippen molar-refractivity contribution in [2.75, 3.05) is 0 Å². The van der Waals surface area contributed by atoms with Gasteiger partial charge in [0.1, 0.15) is 6.61 Å². The second-order valence-corrected chi connectivity index (χ2v) is 7.47. The minimum atomic E-state index is -4.85. The Kier molecular flexibility index (Phi) is 6.05. The molecule has 0 amide bonds. The normalized spacial score (nSPS) is 12.7. The van der Waals surface area contributed by atoms with Gasteiger partial charge in [-0.1, -0.05) is 35.3 Å². The lowest BCUT2D eigenvalue weighted by atomic mass is 10.2. The Hall–Kier alpha value is -1.67. The minimum Gasteiger partial charge on any atom is -0.482 e. The van der Waals surface area contributed by atoms with E-state index in [1.807, 2.05) is 0 Å². The molecule has 0 heterocycles. The molecule has 1 unspecified atom stereocenters. The lowest BCUT2D eigenvalue weighted by Gasteiger charge is -2.14. The van der Waals surface area contributed by atoms with Crippen LogP contribution in [0.15, 0.2) is 36.4 Å². The molecule has 1 atom stereocenters. The van der Waals surface area contributed by atoms with Crippen molar-refractivity contribution in [1.82, 2.24) is 0 Å². The summed E-state index contributed by atoms with van der Waals surface area (Å²) in [6, 6.07) is 7.88. The van der Waals surface area contributed by atoms with Crippen molar-refractivity contribution >= 4 is 36.5 Å². The molecule has 0 aliphatic heterocycles. The lowest BCUT2D eigenvalue weighted by molar-refractivity contribution is -0.386. The quantitative estimate of drug-likeness (QED) is 0.378. The summed E-state index contributed by atoms with van der Waals surface area (Å²) in [5.74, 6) is -2.28. The first-order valence-electron chi connectivity index (χ1n) is 6.68. The molecule has 11 heteroatoms. The molecule has 0 saturated heterocycles. The molecule has 0 fully saturated rings. The molecule has 0 saturated carbocycles. The van der Waals surface area contributed by atoms with E-state index in [9.17, 15) is 19.8 Å². The van der Waals surface area contributed by atoms with Crippen LogP contribution in [-0.4, -0.2) is 19.8 Å². The van der Waals surface area contributed by atoms with Crippen molar-refractivity contribution < 1.29 is 29.1 Å². The van der Waals surface area contributed by atoms with Crippen LogP contribution in [0, 0.1) is 10.1 Å². The molecule has 0 radical (unpaired) electrons. The number of rotatable bonds is 6.